The number of hydrogen-bond acceptors (Lipinski definition) is 3. The van der Waals surface area contributed by atoms with Gasteiger partial charge in [-0.25, -0.2) is 4.79 Å². The summed E-state index contributed by atoms with van der Waals surface area (Å²) in [6.07, 6.45) is 8.21. The van der Waals surface area contributed by atoms with E-state index in [1.54, 1.807) is 12.1 Å². The Morgan fingerprint density at radius 2 is 1.94 bits per heavy atom. The third kappa shape index (κ3) is 4.77. The van der Waals surface area contributed by atoms with E-state index >= 15 is 0 Å². The number of aromatic nitrogens is 1. The highest BCUT2D eigenvalue weighted by Crippen LogP contribution is 2.24. The first kappa shape index (κ1) is 20.7. The van der Waals surface area contributed by atoms with Gasteiger partial charge in [-0.1, -0.05) is 36.4 Å². The van der Waals surface area contributed by atoms with E-state index in [-0.39, 0.29) is 5.78 Å². The molecule has 0 spiro atoms. The Hall–Kier alpha value is -3.60. The quantitative estimate of drug-likeness (QED) is 0.538. The van der Waals surface area contributed by atoms with Gasteiger partial charge in [-0.2, -0.15) is 0 Å². The van der Waals surface area contributed by atoms with Crippen molar-refractivity contribution < 1.29 is 19.4 Å². The molecule has 1 aromatic heterocycles. The number of ketones is 1. The lowest BCUT2D eigenvalue weighted by atomic mass is 10.0. The van der Waals surface area contributed by atoms with Crippen LogP contribution in [0.15, 0.2) is 66.9 Å². The Kier molecular flexibility index (Phi) is 6.03. The number of fused-ring (bicyclic) bond motifs is 1. The van der Waals surface area contributed by atoms with Crippen LogP contribution >= 0.6 is 0 Å². The van der Waals surface area contributed by atoms with Gasteiger partial charge in [-0.3, -0.25) is 4.79 Å². The number of aliphatic carboxylic acids is 1. The van der Waals surface area contributed by atoms with E-state index in [1.807, 2.05) is 59.3 Å². The Morgan fingerprint density at radius 1 is 1.10 bits per heavy atom. The number of allylic oxidation sites excluding steroid dienone is 1. The molecule has 0 amide bonds. The van der Waals surface area contributed by atoms with E-state index in [4.69, 9.17) is 9.84 Å². The lowest BCUT2D eigenvalue weighted by Gasteiger charge is -2.10. The normalized spacial score (nSPS) is 13.8. The minimum Gasteiger partial charge on any atom is -0.479 e. The minimum atomic E-state index is -1.01. The monoisotopic (exact) mass is 415 g/mol. The second-order valence-corrected chi connectivity index (χ2v) is 7.79. The molecule has 0 fully saturated rings. The van der Waals surface area contributed by atoms with Gasteiger partial charge in [0.2, 0.25) is 5.78 Å². The molecular formula is C26H25NO4. The number of carboxylic acids is 1. The van der Waals surface area contributed by atoms with Crippen molar-refractivity contribution in [1.82, 2.24) is 4.57 Å². The van der Waals surface area contributed by atoms with Crippen molar-refractivity contribution >= 4 is 17.8 Å². The lowest BCUT2D eigenvalue weighted by Crippen LogP contribution is -2.22. The van der Waals surface area contributed by atoms with E-state index in [0.717, 1.165) is 30.4 Å². The number of rotatable bonds is 8. The predicted molar refractivity (Wildman–Crippen MR) is 120 cm³/mol. The van der Waals surface area contributed by atoms with Crippen LogP contribution in [0.4, 0.5) is 0 Å². The van der Waals surface area contributed by atoms with Gasteiger partial charge >= 0.3 is 5.97 Å². The average molecular weight is 415 g/mol. The number of aryl methyl sites for hydroxylation is 2. The predicted octanol–water partition coefficient (Wildman–Crippen LogP) is 4.77. The highest BCUT2D eigenvalue weighted by Gasteiger charge is 2.17. The van der Waals surface area contributed by atoms with E-state index < -0.39 is 12.1 Å². The van der Waals surface area contributed by atoms with Gasteiger partial charge in [0.05, 0.1) is 5.69 Å². The van der Waals surface area contributed by atoms with Gasteiger partial charge in [-0.05, 0) is 73.2 Å². The summed E-state index contributed by atoms with van der Waals surface area (Å²) in [6.45, 7) is 2.05. The number of benzene rings is 2. The number of hydrogen-bond donors (Lipinski definition) is 1. The minimum absolute atomic E-state index is 0.0335. The highest BCUT2D eigenvalue weighted by atomic mass is 16.5. The molecule has 0 saturated carbocycles. The van der Waals surface area contributed by atoms with Crippen molar-refractivity contribution in [3.63, 3.8) is 0 Å². The SMILES string of the molecule is C[C@H](Oc1cccc(/C=C/Cn2cccc2C(=O)c2ccc3c(c2)CCC3)c1)C(=O)O. The van der Waals surface area contributed by atoms with Crippen molar-refractivity contribution in [1.29, 1.82) is 0 Å². The molecule has 1 heterocycles. The summed E-state index contributed by atoms with van der Waals surface area (Å²) >= 11 is 0. The summed E-state index contributed by atoms with van der Waals surface area (Å²) < 4.78 is 7.35. The topological polar surface area (TPSA) is 68.5 Å². The molecule has 158 valence electrons. The van der Waals surface area contributed by atoms with Gasteiger partial charge in [0.15, 0.2) is 6.10 Å². The second-order valence-electron chi connectivity index (χ2n) is 7.79. The van der Waals surface area contributed by atoms with E-state index in [1.165, 1.54) is 18.1 Å². The first-order valence-electron chi connectivity index (χ1n) is 10.5. The maximum atomic E-state index is 13.1. The Labute approximate surface area is 181 Å². The van der Waals surface area contributed by atoms with Crippen molar-refractivity contribution in [2.45, 2.75) is 38.8 Å². The van der Waals surface area contributed by atoms with Crippen LogP contribution in [0.2, 0.25) is 0 Å². The molecule has 0 radical (unpaired) electrons. The van der Waals surface area contributed by atoms with Gasteiger partial charge < -0.3 is 14.4 Å². The molecule has 1 N–H and O–H groups in total. The van der Waals surface area contributed by atoms with Gasteiger partial charge in [0.1, 0.15) is 5.75 Å². The Morgan fingerprint density at radius 3 is 2.77 bits per heavy atom. The van der Waals surface area contributed by atoms with Crippen molar-refractivity contribution in [3.8, 4) is 5.75 Å². The fraction of sp³-hybridized carbons (Fsp3) is 0.231. The van der Waals surface area contributed by atoms with Crippen LogP contribution in [0.1, 0.15) is 46.1 Å². The lowest BCUT2D eigenvalue weighted by molar-refractivity contribution is -0.144. The van der Waals surface area contributed by atoms with Gasteiger partial charge in [-0.15, -0.1) is 0 Å². The summed E-state index contributed by atoms with van der Waals surface area (Å²) in [7, 11) is 0. The zero-order chi connectivity index (χ0) is 21.8. The van der Waals surface area contributed by atoms with Crippen molar-refractivity contribution in [2.24, 2.45) is 0 Å². The summed E-state index contributed by atoms with van der Waals surface area (Å²) in [6, 6.07) is 17.1. The molecule has 0 unspecified atom stereocenters. The third-order valence-electron chi connectivity index (χ3n) is 5.55. The molecule has 0 bridgehead atoms. The summed E-state index contributed by atoms with van der Waals surface area (Å²) in [5.74, 6) is -0.467. The van der Waals surface area contributed by atoms with Crippen LogP contribution in [-0.2, 0) is 24.2 Å². The number of carbonyl (C=O) groups excluding carboxylic acids is 1. The molecule has 0 aliphatic heterocycles. The Balaban J connectivity index is 1.45. The molecular weight excluding hydrogens is 390 g/mol. The van der Waals surface area contributed by atoms with Gasteiger partial charge in [0, 0.05) is 18.3 Å². The molecule has 31 heavy (non-hydrogen) atoms. The number of nitrogens with zero attached hydrogens (tertiary/aromatic N) is 1. The molecule has 0 saturated heterocycles. The smallest absolute Gasteiger partial charge is 0.344 e. The molecule has 1 aliphatic carbocycles. The zero-order valence-corrected chi connectivity index (χ0v) is 17.5. The standard InChI is InChI=1S/C26H25NO4/c1-18(26(29)30)31-23-10-2-6-19(16-23)7-4-14-27-15-5-11-24(27)25(28)22-13-12-20-8-3-9-21(20)17-22/h2,4-7,10-13,15-18H,3,8-9,14H2,1H3,(H,29,30)/b7-4+/t18-/m0/s1. The largest absolute Gasteiger partial charge is 0.479 e. The summed E-state index contributed by atoms with van der Waals surface area (Å²) in [4.78, 5) is 24.0. The molecule has 4 rings (SSSR count). The summed E-state index contributed by atoms with van der Waals surface area (Å²) in [5.41, 5.74) is 4.95. The fourth-order valence-electron chi connectivity index (χ4n) is 3.89. The molecule has 2 aromatic carbocycles. The molecule has 3 aromatic rings. The third-order valence-corrected chi connectivity index (χ3v) is 5.55. The summed E-state index contributed by atoms with van der Waals surface area (Å²) in [5, 5.41) is 8.99. The van der Waals surface area contributed by atoms with Crippen molar-refractivity contribution in [3.05, 3.63) is 94.8 Å². The number of ether oxygens (including phenoxy) is 1. The van der Waals surface area contributed by atoms with Crippen LogP contribution in [0.5, 0.6) is 5.75 Å². The number of carbonyl (C=O) groups is 2. The van der Waals surface area contributed by atoms with Crippen LogP contribution in [0.25, 0.3) is 6.08 Å². The van der Waals surface area contributed by atoms with Gasteiger partial charge in [0.25, 0.3) is 0 Å². The maximum Gasteiger partial charge on any atom is 0.344 e. The van der Waals surface area contributed by atoms with Crippen LogP contribution in [0.3, 0.4) is 0 Å². The maximum absolute atomic E-state index is 13.1. The van der Waals surface area contributed by atoms with Crippen LogP contribution < -0.4 is 4.74 Å². The average Bonchev–Trinajstić information content (AvgIpc) is 3.42. The fourth-order valence-corrected chi connectivity index (χ4v) is 3.89. The first-order chi connectivity index (χ1) is 15.0. The molecule has 1 aliphatic rings. The first-order valence-corrected chi connectivity index (χ1v) is 10.5. The zero-order valence-electron chi connectivity index (χ0n) is 17.5. The van der Waals surface area contributed by atoms with Crippen LogP contribution in [0, 0.1) is 0 Å². The molecule has 1 atom stereocenters. The van der Waals surface area contributed by atoms with E-state index in [9.17, 15) is 9.59 Å². The molecule has 5 nitrogen and oxygen atoms in total. The number of carboxylic acid groups (broad SMARTS) is 1. The molecule has 5 heteroatoms. The van der Waals surface area contributed by atoms with E-state index in [2.05, 4.69) is 6.07 Å². The van der Waals surface area contributed by atoms with Crippen molar-refractivity contribution in [2.75, 3.05) is 0 Å². The highest BCUT2D eigenvalue weighted by molar-refractivity contribution is 6.08. The second kappa shape index (κ2) is 9.04. The van der Waals surface area contributed by atoms with Crippen LogP contribution in [-0.4, -0.2) is 27.5 Å². The Bertz CT molecular complexity index is 1140. The van der Waals surface area contributed by atoms with E-state index in [0.29, 0.717) is 18.0 Å².